The summed E-state index contributed by atoms with van der Waals surface area (Å²) >= 11 is 5.50. The van der Waals surface area contributed by atoms with Crippen LogP contribution in [-0.2, 0) is 0 Å². The van der Waals surface area contributed by atoms with Gasteiger partial charge in [0.2, 0.25) is 0 Å². The van der Waals surface area contributed by atoms with Gasteiger partial charge < -0.3 is 10.1 Å². The lowest BCUT2D eigenvalue weighted by Crippen LogP contribution is -2.21. The summed E-state index contributed by atoms with van der Waals surface area (Å²) in [7, 11) is 0. The van der Waals surface area contributed by atoms with Crippen molar-refractivity contribution in [2.45, 2.75) is 26.8 Å². The third-order valence-electron chi connectivity index (χ3n) is 3.03. The molecule has 20 heavy (non-hydrogen) atoms. The summed E-state index contributed by atoms with van der Waals surface area (Å²) in [6, 6.07) is 10.8. The first-order valence-corrected chi connectivity index (χ1v) is 8.48. The zero-order valence-corrected chi connectivity index (χ0v) is 14.5. The summed E-state index contributed by atoms with van der Waals surface area (Å²) in [5.74, 6) is 0.924. The lowest BCUT2D eigenvalue weighted by atomic mass is 10.1. The van der Waals surface area contributed by atoms with Gasteiger partial charge in [0.05, 0.1) is 12.6 Å². The largest absolute Gasteiger partial charge is 0.494 e. The van der Waals surface area contributed by atoms with Gasteiger partial charge in [-0.3, -0.25) is 0 Å². The zero-order chi connectivity index (χ0) is 14.5. The van der Waals surface area contributed by atoms with E-state index in [0.29, 0.717) is 6.61 Å². The Hall–Kier alpha value is -0.840. The van der Waals surface area contributed by atoms with Crippen molar-refractivity contribution in [1.29, 1.82) is 0 Å². The second-order valence-corrected chi connectivity index (χ2v) is 6.70. The molecule has 2 rings (SSSR count). The van der Waals surface area contributed by atoms with Gasteiger partial charge in [0.15, 0.2) is 0 Å². The van der Waals surface area contributed by atoms with Gasteiger partial charge in [-0.1, -0.05) is 19.1 Å². The van der Waals surface area contributed by atoms with E-state index in [9.17, 15) is 0 Å². The van der Waals surface area contributed by atoms with Crippen molar-refractivity contribution < 1.29 is 4.74 Å². The van der Waals surface area contributed by atoms with Crippen molar-refractivity contribution in [2.75, 3.05) is 13.2 Å². The molecule has 0 saturated heterocycles. The van der Waals surface area contributed by atoms with Crippen LogP contribution in [0.1, 0.15) is 35.2 Å². The van der Waals surface area contributed by atoms with Crippen LogP contribution in [-0.4, -0.2) is 13.2 Å². The SMILES string of the molecule is CCNC(c1ccc(OCC)cc1)c1sc(C)cc1Br. The Morgan fingerprint density at radius 1 is 1.25 bits per heavy atom. The Balaban J connectivity index is 2.30. The molecule has 0 fully saturated rings. The van der Waals surface area contributed by atoms with Gasteiger partial charge in [0.25, 0.3) is 0 Å². The minimum absolute atomic E-state index is 0.226. The molecule has 4 heteroatoms. The molecule has 108 valence electrons. The molecule has 2 nitrogen and oxygen atoms in total. The van der Waals surface area contributed by atoms with Crippen LogP contribution in [0, 0.1) is 6.92 Å². The fourth-order valence-corrected chi connectivity index (χ4v) is 4.17. The van der Waals surface area contributed by atoms with Crippen LogP contribution in [0.4, 0.5) is 0 Å². The maximum Gasteiger partial charge on any atom is 0.119 e. The summed E-state index contributed by atoms with van der Waals surface area (Å²) in [6.07, 6.45) is 0. The van der Waals surface area contributed by atoms with Crippen molar-refractivity contribution >= 4 is 27.3 Å². The summed E-state index contributed by atoms with van der Waals surface area (Å²) < 4.78 is 6.69. The van der Waals surface area contributed by atoms with Crippen LogP contribution < -0.4 is 10.1 Å². The van der Waals surface area contributed by atoms with Crippen LogP contribution in [0.15, 0.2) is 34.8 Å². The maximum atomic E-state index is 5.51. The Morgan fingerprint density at radius 3 is 2.45 bits per heavy atom. The summed E-state index contributed by atoms with van der Waals surface area (Å²) in [4.78, 5) is 2.65. The van der Waals surface area contributed by atoms with Crippen LogP contribution in [0.3, 0.4) is 0 Å². The first kappa shape index (κ1) is 15.5. The molecule has 2 aromatic rings. The predicted molar refractivity (Wildman–Crippen MR) is 89.9 cm³/mol. The number of rotatable bonds is 6. The van der Waals surface area contributed by atoms with Crippen LogP contribution in [0.2, 0.25) is 0 Å². The number of hydrogen-bond donors (Lipinski definition) is 1. The van der Waals surface area contributed by atoms with E-state index in [-0.39, 0.29) is 6.04 Å². The molecule has 1 unspecified atom stereocenters. The highest BCUT2D eigenvalue weighted by atomic mass is 79.9. The minimum atomic E-state index is 0.226. The molecule has 1 atom stereocenters. The number of aryl methyl sites for hydroxylation is 1. The van der Waals surface area contributed by atoms with Gasteiger partial charge in [-0.05, 0) is 60.1 Å². The highest BCUT2D eigenvalue weighted by Gasteiger charge is 2.18. The monoisotopic (exact) mass is 353 g/mol. The maximum absolute atomic E-state index is 5.51. The zero-order valence-electron chi connectivity index (χ0n) is 12.1. The molecule has 1 aromatic heterocycles. The van der Waals surface area contributed by atoms with Crippen molar-refractivity contribution in [3.05, 3.63) is 50.1 Å². The molecular formula is C16H20BrNOS. The molecule has 1 N–H and O–H groups in total. The van der Waals surface area contributed by atoms with Crippen molar-refractivity contribution in [3.63, 3.8) is 0 Å². The number of benzene rings is 1. The quantitative estimate of drug-likeness (QED) is 0.795. The molecule has 0 aliphatic heterocycles. The van der Waals surface area contributed by atoms with E-state index in [1.165, 1.54) is 19.8 Å². The Labute approximate surface area is 133 Å². The first-order chi connectivity index (χ1) is 9.65. The van der Waals surface area contributed by atoms with Crippen LogP contribution in [0.25, 0.3) is 0 Å². The van der Waals surface area contributed by atoms with Crippen molar-refractivity contribution in [2.24, 2.45) is 0 Å². The fraction of sp³-hybridized carbons (Fsp3) is 0.375. The van der Waals surface area contributed by atoms with E-state index in [0.717, 1.165) is 12.3 Å². The second-order valence-electron chi connectivity index (χ2n) is 4.56. The Kier molecular flexibility index (Phi) is 5.64. The smallest absolute Gasteiger partial charge is 0.119 e. The van der Waals surface area contributed by atoms with E-state index in [2.05, 4.69) is 53.3 Å². The van der Waals surface area contributed by atoms with E-state index >= 15 is 0 Å². The number of thiophene rings is 1. The van der Waals surface area contributed by atoms with E-state index in [1.54, 1.807) is 0 Å². The van der Waals surface area contributed by atoms with E-state index < -0.39 is 0 Å². The first-order valence-electron chi connectivity index (χ1n) is 6.87. The highest BCUT2D eigenvalue weighted by Crippen LogP contribution is 2.35. The number of halogens is 1. The fourth-order valence-electron chi connectivity index (χ4n) is 2.19. The third kappa shape index (κ3) is 3.62. The van der Waals surface area contributed by atoms with Crippen LogP contribution in [0.5, 0.6) is 5.75 Å². The average molecular weight is 354 g/mol. The van der Waals surface area contributed by atoms with Gasteiger partial charge in [-0.15, -0.1) is 11.3 Å². The van der Waals surface area contributed by atoms with Crippen molar-refractivity contribution in [1.82, 2.24) is 5.32 Å². The standard InChI is InChI=1S/C16H20BrNOS/c1-4-18-15(16-14(17)10-11(3)20-16)12-6-8-13(9-7-12)19-5-2/h6-10,15,18H,4-5H2,1-3H3. The van der Waals surface area contributed by atoms with E-state index in [1.807, 2.05) is 30.4 Å². The summed E-state index contributed by atoms with van der Waals surface area (Å²) in [6.45, 7) is 7.91. The van der Waals surface area contributed by atoms with Gasteiger partial charge >= 0.3 is 0 Å². The lowest BCUT2D eigenvalue weighted by Gasteiger charge is -2.18. The molecule has 0 aliphatic carbocycles. The molecule has 0 bridgehead atoms. The van der Waals surface area contributed by atoms with Gasteiger partial charge in [0, 0.05) is 14.2 Å². The molecule has 0 saturated carbocycles. The predicted octanol–water partition coefficient (Wildman–Crippen LogP) is 4.92. The summed E-state index contributed by atoms with van der Waals surface area (Å²) in [5, 5.41) is 3.56. The van der Waals surface area contributed by atoms with Crippen LogP contribution >= 0.6 is 27.3 Å². The summed E-state index contributed by atoms with van der Waals surface area (Å²) in [5.41, 5.74) is 1.26. The van der Waals surface area contributed by atoms with Gasteiger partial charge in [-0.25, -0.2) is 0 Å². The molecular weight excluding hydrogens is 334 g/mol. The minimum Gasteiger partial charge on any atom is -0.494 e. The topological polar surface area (TPSA) is 21.3 Å². The van der Waals surface area contributed by atoms with Crippen molar-refractivity contribution in [3.8, 4) is 5.75 Å². The second kappa shape index (κ2) is 7.25. The normalized spacial score (nSPS) is 12.4. The van der Waals surface area contributed by atoms with E-state index in [4.69, 9.17) is 4.74 Å². The lowest BCUT2D eigenvalue weighted by molar-refractivity contribution is 0.340. The molecule has 1 heterocycles. The number of ether oxygens (including phenoxy) is 1. The van der Waals surface area contributed by atoms with Gasteiger partial charge in [0.1, 0.15) is 5.75 Å². The Bertz CT molecular complexity index is 550. The highest BCUT2D eigenvalue weighted by molar-refractivity contribution is 9.10. The number of hydrogen-bond acceptors (Lipinski definition) is 3. The molecule has 1 aromatic carbocycles. The Morgan fingerprint density at radius 2 is 1.95 bits per heavy atom. The number of nitrogens with one attached hydrogen (secondary N) is 1. The molecule has 0 radical (unpaired) electrons. The molecule has 0 amide bonds. The third-order valence-corrected chi connectivity index (χ3v) is 5.07. The molecule has 0 aliphatic rings. The van der Waals surface area contributed by atoms with Gasteiger partial charge in [-0.2, -0.15) is 0 Å². The average Bonchev–Trinajstić information content (AvgIpc) is 2.76. The molecule has 0 spiro atoms.